The molecule has 0 radical (unpaired) electrons. The van der Waals surface area contributed by atoms with E-state index in [-0.39, 0.29) is 11.6 Å². The van der Waals surface area contributed by atoms with Crippen LogP contribution in [-0.4, -0.2) is 15.9 Å². The molecule has 0 spiro atoms. The molecule has 7 heteroatoms. The van der Waals surface area contributed by atoms with Gasteiger partial charge in [-0.15, -0.1) is 22.7 Å². The van der Waals surface area contributed by atoms with E-state index < -0.39 is 0 Å². The summed E-state index contributed by atoms with van der Waals surface area (Å²) in [6.07, 6.45) is 2.90. The van der Waals surface area contributed by atoms with Gasteiger partial charge < -0.3 is 4.42 Å². The average molecular weight is 277 g/mol. The number of hydrogen-bond donors (Lipinski definition) is 1. The zero-order valence-electron chi connectivity index (χ0n) is 8.99. The number of nitrogens with zero attached hydrogens (tertiary/aromatic N) is 2. The van der Waals surface area contributed by atoms with Crippen molar-refractivity contribution in [1.82, 2.24) is 9.97 Å². The highest BCUT2D eigenvalue weighted by Gasteiger charge is 2.19. The van der Waals surface area contributed by atoms with E-state index in [1.807, 2.05) is 17.5 Å². The highest BCUT2D eigenvalue weighted by Crippen LogP contribution is 2.28. The van der Waals surface area contributed by atoms with Crippen LogP contribution in [0.2, 0.25) is 0 Å². The summed E-state index contributed by atoms with van der Waals surface area (Å²) in [5.74, 6) is 0.168. The van der Waals surface area contributed by atoms with Crippen LogP contribution in [0.5, 0.6) is 0 Å². The molecular formula is C11H7N3O2S2. The van der Waals surface area contributed by atoms with Gasteiger partial charge in [0.2, 0.25) is 0 Å². The van der Waals surface area contributed by atoms with Crippen molar-refractivity contribution in [3.05, 3.63) is 41.2 Å². The number of rotatable bonds is 3. The van der Waals surface area contributed by atoms with Gasteiger partial charge in [0.05, 0.1) is 4.88 Å². The third-order valence-corrected chi connectivity index (χ3v) is 3.74. The largest absolute Gasteiger partial charge is 0.442 e. The number of amides is 1. The molecule has 0 aliphatic heterocycles. The van der Waals surface area contributed by atoms with E-state index in [0.717, 1.165) is 4.88 Å². The van der Waals surface area contributed by atoms with Crippen molar-refractivity contribution >= 4 is 33.7 Å². The summed E-state index contributed by atoms with van der Waals surface area (Å²) < 4.78 is 5.27. The number of carbonyl (C=O) groups is 1. The van der Waals surface area contributed by atoms with Gasteiger partial charge in [0.15, 0.2) is 23.0 Å². The van der Waals surface area contributed by atoms with Crippen LogP contribution in [0.15, 0.2) is 39.9 Å². The van der Waals surface area contributed by atoms with Crippen molar-refractivity contribution in [2.45, 2.75) is 0 Å². The number of carbonyl (C=O) groups excluding carboxylic acids is 1. The summed E-state index contributed by atoms with van der Waals surface area (Å²) in [6.45, 7) is 0. The number of aromatic nitrogens is 2. The van der Waals surface area contributed by atoms with Crippen LogP contribution in [0.1, 0.15) is 10.5 Å². The van der Waals surface area contributed by atoms with Crippen molar-refractivity contribution < 1.29 is 9.21 Å². The fraction of sp³-hybridized carbons (Fsp3) is 0. The molecule has 90 valence electrons. The molecule has 0 unspecified atom stereocenters. The normalized spacial score (nSPS) is 10.4. The van der Waals surface area contributed by atoms with Gasteiger partial charge in [-0.25, -0.2) is 9.97 Å². The molecule has 3 aromatic heterocycles. The third kappa shape index (κ3) is 2.05. The highest BCUT2D eigenvalue weighted by atomic mass is 32.1. The molecule has 1 amide bonds. The van der Waals surface area contributed by atoms with E-state index in [2.05, 4.69) is 15.3 Å². The summed E-state index contributed by atoms with van der Waals surface area (Å²) in [6, 6.07) is 3.77. The first kappa shape index (κ1) is 11.1. The molecule has 0 aliphatic carbocycles. The first-order chi connectivity index (χ1) is 8.84. The van der Waals surface area contributed by atoms with Gasteiger partial charge in [0.1, 0.15) is 0 Å². The number of anilines is 1. The predicted molar refractivity (Wildman–Crippen MR) is 69.9 cm³/mol. The first-order valence-electron chi connectivity index (χ1n) is 5.03. The van der Waals surface area contributed by atoms with Gasteiger partial charge in [0, 0.05) is 11.6 Å². The minimum Gasteiger partial charge on any atom is -0.442 e. The predicted octanol–water partition coefficient (Wildman–Crippen LogP) is 3.11. The number of thiazole rings is 1. The second-order valence-corrected chi connectivity index (χ2v) is 5.14. The Morgan fingerprint density at radius 2 is 2.22 bits per heavy atom. The summed E-state index contributed by atoms with van der Waals surface area (Å²) in [5, 5.41) is 6.93. The third-order valence-electron chi connectivity index (χ3n) is 2.18. The Bertz CT molecular complexity index is 644. The van der Waals surface area contributed by atoms with Gasteiger partial charge in [0.25, 0.3) is 5.91 Å². The van der Waals surface area contributed by atoms with Gasteiger partial charge in [-0.3, -0.25) is 10.1 Å². The summed E-state index contributed by atoms with van der Waals surface area (Å²) in [5.41, 5.74) is 0.271. The molecule has 0 aliphatic rings. The van der Waals surface area contributed by atoms with Gasteiger partial charge in [-0.05, 0) is 11.4 Å². The minimum absolute atomic E-state index is 0.271. The molecule has 3 rings (SSSR count). The summed E-state index contributed by atoms with van der Waals surface area (Å²) in [4.78, 5) is 20.8. The quantitative estimate of drug-likeness (QED) is 0.798. The smallest absolute Gasteiger partial charge is 0.280 e. The number of hydrogen-bond acceptors (Lipinski definition) is 6. The van der Waals surface area contributed by atoms with E-state index in [4.69, 9.17) is 4.42 Å². The van der Waals surface area contributed by atoms with E-state index in [9.17, 15) is 4.79 Å². The van der Waals surface area contributed by atoms with E-state index in [1.54, 1.807) is 11.6 Å². The first-order valence-corrected chi connectivity index (χ1v) is 6.79. The average Bonchev–Trinajstić information content (AvgIpc) is 3.11. The molecule has 0 atom stereocenters. The van der Waals surface area contributed by atoms with Crippen LogP contribution in [0.4, 0.5) is 5.13 Å². The summed E-state index contributed by atoms with van der Waals surface area (Å²) in [7, 11) is 0. The van der Waals surface area contributed by atoms with E-state index in [1.165, 1.54) is 29.1 Å². The number of nitrogens with one attached hydrogen (secondary N) is 1. The Labute approximate surface area is 110 Å². The molecule has 0 fully saturated rings. The second kappa shape index (κ2) is 4.71. The minimum atomic E-state index is -0.317. The molecule has 18 heavy (non-hydrogen) atoms. The maximum Gasteiger partial charge on any atom is 0.280 e. The lowest BCUT2D eigenvalue weighted by Crippen LogP contribution is -2.12. The van der Waals surface area contributed by atoms with Gasteiger partial charge in [-0.2, -0.15) is 0 Å². The zero-order valence-corrected chi connectivity index (χ0v) is 10.6. The molecule has 0 bridgehead atoms. The lowest BCUT2D eigenvalue weighted by molar-refractivity contribution is 0.102. The standard InChI is InChI=1S/C11H7N3O2S2/c15-10(14-11-12-3-5-18-11)8-9(16-6-13-8)7-2-1-4-17-7/h1-6H,(H,12,14,15). The molecule has 5 nitrogen and oxygen atoms in total. The lowest BCUT2D eigenvalue weighted by Gasteiger charge is -1.99. The van der Waals surface area contributed by atoms with Crippen LogP contribution in [0.25, 0.3) is 10.6 Å². The van der Waals surface area contributed by atoms with E-state index in [0.29, 0.717) is 10.9 Å². The molecule has 3 heterocycles. The molecule has 0 saturated heterocycles. The Morgan fingerprint density at radius 3 is 2.94 bits per heavy atom. The number of oxazole rings is 1. The van der Waals surface area contributed by atoms with Crippen LogP contribution < -0.4 is 5.32 Å². The molecule has 1 N–H and O–H groups in total. The van der Waals surface area contributed by atoms with Crippen LogP contribution in [-0.2, 0) is 0 Å². The van der Waals surface area contributed by atoms with Gasteiger partial charge >= 0.3 is 0 Å². The monoisotopic (exact) mass is 277 g/mol. The summed E-state index contributed by atoms with van der Waals surface area (Å²) >= 11 is 2.85. The Morgan fingerprint density at radius 1 is 1.28 bits per heavy atom. The molecule has 0 aromatic carbocycles. The van der Waals surface area contributed by atoms with Crippen LogP contribution in [0, 0.1) is 0 Å². The lowest BCUT2D eigenvalue weighted by atomic mass is 10.3. The zero-order chi connectivity index (χ0) is 12.4. The van der Waals surface area contributed by atoms with Crippen molar-refractivity contribution in [3.8, 4) is 10.6 Å². The fourth-order valence-electron chi connectivity index (χ4n) is 1.43. The molecular weight excluding hydrogens is 270 g/mol. The fourth-order valence-corrected chi connectivity index (χ4v) is 2.67. The Kier molecular flexibility index (Phi) is 2.91. The molecule has 3 aromatic rings. The SMILES string of the molecule is O=C(Nc1nccs1)c1ncoc1-c1cccs1. The maximum absolute atomic E-state index is 12.0. The van der Waals surface area contributed by atoms with Crippen LogP contribution in [0.3, 0.4) is 0 Å². The van der Waals surface area contributed by atoms with Crippen molar-refractivity contribution in [2.24, 2.45) is 0 Å². The van der Waals surface area contributed by atoms with E-state index >= 15 is 0 Å². The van der Waals surface area contributed by atoms with Crippen molar-refractivity contribution in [2.75, 3.05) is 5.32 Å². The Balaban J connectivity index is 1.89. The van der Waals surface area contributed by atoms with Crippen molar-refractivity contribution in [1.29, 1.82) is 0 Å². The topological polar surface area (TPSA) is 68.0 Å². The van der Waals surface area contributed by atoms with Crippen LogP contribution >= 0.6 is 22.7 Å². The number of thiophene rings is 1. The maximum atomic E-state index is 12.0. The Hall–Kier alpha value is -1.99. The van der Waals surface area contributed by atoms with Gasteiger partial charge in [-0.1, -0.05) is 6.07 Å². The highest BCUT2D eigenvalue weighted by molar-refractivity contribution is 7.14. The molecule has 0 saturated carbocycles. The second-order valence-electron chi connectivity index (χ2n) is 3.30. The van der Waals surface area contributed by atoms with Crippen molar-refractivity contribution in [3.63, 3.8) is 0 Å².